The summed E-state index contributed by atoms with van der Waals surface area (Å²) < 4.78 is 10.8. The molecule has 0 aliphatic carbocycles. The summed E-state index contributed by atoms with van der Waals surface area (Å²) in [6.07, 6.45) is 2.53. The van der Waals surface area contributed by atoms with E-state index in [1.165, 1.54) is 0 Å². The molecule has 0 amide bonds. The number of rotatable bonds is 6. The van der Waals surface area contributed by atoms with E-state index in [1.807, 2.05) is 37.3 Å². The number of hydrogen-bond donors (Lipinski definition) is 0. The molecule has 7 nitrogen and oxygen atoms in total. The molecule has 1 aliphatic rings. The monoisotopic (exact) mass is 394 g/mol. The molecule has 0 saturated carbocycles. The second-order valence-electron chi connectivity index (χ2n) is 7.17. The number of aryl methyl sites for hydroxylation is 1. The number of fused-ring (bicyclic) bond motifs is 1. The van der Waals surface area contributed by atoms with Gasteiger partial charge >= 0.3 is 5.63 Å². The lowest BCUT2D eigenvalue weighted by Gasteiger charge is -2.35. The summed E-state index contributed by atoms with van der Waals surface area (Å²) in [4.78, 5) is 26.6. The minimum absolute atomic E-state index is 0.320. The highest BCUT2D eigenvalue weighted by atomic mass is 16.5. The molecule has 1 saturated heterocycles. The zero-order valence-corrected chi connectivity index (χ0v) is 16.9. The quantitative estimate of drug-likeness (QED) is 0.636. The number of ether oxygens (including phenoxy) is 1. The fraction of sp³-hybridized carbons (Fsp3) is 0.409. The van der Waals surface area contributed by atoms with Crippen molar-refractivity contribution in [3.05, 3.63) is 52.5 Å². The molecule has 152 valence electrons. The van der Waals surface area contributed by atoms with Gasteiger partial charge in [0.15, 0.2) is 0 Å². The van der Waals surface area contributed by atoms with Gasteiger partial charge in [0, 0.05) is 46.0 Å². The molecule has 2 aromatic heterocycles. The lowest BCUT2D eigenvalue weighted by molar-refractivity contribution is 0.144. The first-order chi connectivity index (χ1) is 14.2. The van der Waals surface area contributed by atoms with Crippen LogP contribution in [0.1, 0.15) is 12.5 Å². The molecule has 4 rings (SSSR count). The number of hydrogen-bond acceptors (Lipinski definition) is 7. The highest BCUT2D eigenvalue weighted by molar-refractivity contribution is 5.83. The van der Waals surface area contributed by atoms with Gasteiger partial charge in [0.1, 0.15) is 5.82 Å². The van der Waals surface area contributed by atoms with Crippen LogP contribution in [0.3, 0.4) is 0 Å². The van der Waals surface area contributed by atoms with Crippen molar-refractivity contribution >= 4 is 16.7 Å². The Balaban J connectivity index is 1.67. The molecule has 0 radical (unpaired) electrons. The van der Waals surface area contributed by atoms with Gasteiger partial charge in [0.05, 0.1) is 23.1 Å². The third-order valence-corrected chi connectivity index (χ3v) is 5.43. The largest absolute Gasteiger partial charge is 0.403 e. The predicted molar refractivity (Wildman–Crippen MR) is 113 cm³/mol. The molecular weight excluding hydrogens is 368 g/mol. The van der Waals surface area contributed by atoms with E-state index < -0.39 is 0 Å². The summed E-state index contributed by atoms with van der Waals surface area (Å²) >= 11 is 0. The van der Waals surface area contributed by atoms with Crippen molar-refractivity contribution in [2.75, 3.05) is 51.3 Å². The van der Waals surface area contributed by atoms with Gasteiger partial charge in [-0.1, -0.05) is 19.1 Å². The Morgan fingerprint density at radius 3 is 2.72 bits per heavy atom. The van der Waals surface area contributed by atoms with Crippen LogP contribution in [0.15, 0.2) is 45.7 Å². The third kappa shape index (κ3) is 4.02. The first kappa shape index (κ1) is 19.5. The first-order valence-corrected chi connectivity index (χ1v) is 10.1. The Hall–Kier alpha value is -2.77. The zero-order chi connectivity index (χ0) is 20.2. The van der Waals surface area contributed by atoms with E-state index in [0.717, 1.165) is 62.7 Å². The minimum atomic E-state index is -0.346. The van der Waals surface area contributed by atoms with Gasteiger partial charge in [0.2, 0.25) is 5.89 Å². The lowest BCUT2D eigenvalue weighted by atomic mass is 10.1. The van der Waals surface area contributed by atoms with Crippen molar-refractivity contribution in [3.63, 3.8) is 0 Å². The fourth-order valence-electron chi connectivity index (χ4n) is 3.82. The van der Waals surface area contributed by atoms with Gasteiger partial charge in [0.25, 0.3) is 0 Å². The van der Waals surface area contributed by atoms with Crippen molar-refractivity contribution in [2.24, 2.45) is 0 Å². The van der Waals surface area contributed by atoms with Gasteiger partial charge < -0.3 is 14.1 Å². The second-order valence-corrected chi connectivity index (χ2v) is 7.17. The molecular formula is C22H26N4O3. The van der Waals surface area contributed by atoms with Gasteiger partial charge in [-0.05, 0) is 30.2 Å². The molecule has 7 heteroatoms. The van der Waals surface area contributed by atoms with Gasteiger partial charge in [-0.15, -0.1) is 0 Å². The van der Waals surface area contributed by atoms with Crippen molar-refractivity contribution in [1.29, 1.82) is 0 Å². The summed E-state index contributed by atoms with van der Waals surface area (Å²) in [6, 6.07) is 9.50. The van der Waals surface area contributed by atoms with E-state index in [9.17, 15) is 4.79 Å². The van der Waals surface area contributed by atoms with Crippen LogP contribution in [0.2, 0.25) is 0 Å². The van der Waals surface area contributed by atoms with Crippen molar-refractivity contribution in [2.45, 2.75) is 13.3 Å². The maximum absolute atomic E-state index is 12.7. The predicted octanol–water partition coefficient (Wildman–Crippen LogP) is 2.58. The van der Waals surface area contributed by atoms with Crippen molar-refractivity contribution < 1.29 is 9.15 Å². The van der Waals surface area contributed by atoms with Gasteiger partial charge in [-0.25, -0.2) is 14.8 Å². The molecule has 0 atom stereocenters. The molecule has 1 aliphatic heterocycles. The van der Waals surface area contributed by atoms with Crippen LogP contribution in [0.25, 0.3) is 22.4 Å². The summed E-state index contributed by atoms with van der Waals surface area (Å²) in [6.45, 7) is 7.27. The smallest absolute Gasteiger partial charge is 0.347 e. The zero-order valence-electron chi connectivity index (χ0n) is 16.9. The molecule has 0 bridgehead atoms. The van der Waals surface area contributed by atoms with Crippen LogP contribution in [0, 0.1) is 0 Å². The van der Waals surface area contributed by atoms with Crippen molar-refractivity contribution in [1.82, 2.24) is 14.9 Å². The Morgan fingerprint density at radius 2 is 1.97 bits per heavy atom. The van der Waals surface area contributed by atoms with Gasteiger partial charge in [-0.2, -0.15) is 0 Å². The van der Waals surface area contributed by atoms with Gasteiger partial charge in [-0.3, -0.25) is 4.90 Å². The van der Waals surface area contributed by atoms with E-state index in [-0.39, 0.29) is 5.63 Å². The third-order valence-electron chi connectivity index (χ3n) is 5.43. The standard InChI is InChI=1S/C22H26N4O3/c1-3-16-6-4-8-18-19(16)22(27)29-21(24-18)17-7-5-9-23-20(17)26-12-10-25(11-13-26)14-15-28-2/h4-9H,3,10-15H2,1-2H3. The van der Waals surface area contributed by atoms with E-state index >= 15 is 0 Å². The summed E-state index contributed by atoms with van der Waals surface area (Å²) in [7, 11) is 1.73. The summed E-state index contributed by atoms with van der Waals surface area (Å²) in [5.41, 5.74) is 2.02. The minimum Gasteiger partial charge on any atom is -0.403 e. The molecule has 1 aromatic carbocycles. The number of anilines is 1. The molecule has 0 N–H and O–H groups in total. The number of nitrogens with zero attached hydrogens (tertiary/aromatic N) is 4. The average Bonchev–Trinajstić information content (AvgIpc) is 2.77. The molecule has 3 heterocycles. The van der Waals surface area contributed by atoms with Crippen LogP contribution >= 0.6 is 0 Å². The molecule has 29 heavy (non-hydrogen) atoms. The fourth-order valence-corrected chi connectivity index (χ4v) is 3.82. The Bertz CT molecular complexity index is 1040. The summed E-state index contributed by atoms with van der Waals surface area (Å²) in [5.74, 6) is 1.13. The first-order valence-electron chi connectivity index (χ1n) is 10.1. The molecule has 0 unspecified atom stereocenters. The van der Waals surface area contributed by atoms with Crippen LogP contribution in [0.5, 0.6) is 0 Å². The van der Waals surface area contributed by atoms with Crippen LogP contribution in [0.4, 0.5) is 5.82 Å². The maximum atomic E-state index is 12.7. The maximum Gasteiger partial charge on any atom is 0.347 e. The highest BCUT2D eigenvalue weighted by Crippen LogP contribution is 2.29. The number of methoxy groups -OCH3 is 1. The second kappa shape index (κ2) is 8.71. The number of benzene rings is 1. The number of aromatic nitrogens is 2. The molecule has 1 fully saturated rings. The average molecular weight is 394 g/mol. The lowest BCUT2D eigenvalue weighted by Crippen LogP contribution is -2.47. The topological polar surface area (TPSA) is 71.7 Å². The van der Waals surface area contributed by atoms with E-state index in [0.29, 0.717) is 16.8 Å². The summed E-state index contributed by atoms with van der Waals surface area (Å²) in [5, 5.41) is 0.566. The highest BCUT2D eigenvalue weighted by Gasteiger charge is 2.22. The Morgan fingerprint density at radius 1 is 1.14 bits per heavy atom. The Labute approximate surface area is 169 Å². The van der Waals surface area contributed by atoms with E-state index in [2.05, 4.69) is 19.8 Å². The van der Waals surface area contributed by atoms with Crippen molar-refractivity contribution in [3.8, 4) is 11.5 Å². The number of pyridine rings is 1. The van der Waals surface area contributed by atoms with E-state index in [4.69, 9.17) is 9.15 Å². The molecule has 0 spiro atoms. The van der Waals surface area contributed by atoms with Crippen LogP contribution in [-0.4, -0.2) is 61.3 Å². The molecule has 3 aromatic rings. The van der Waals surface area contributed by atoms with Crippen LogP contribution < -0.4 is 10.5 Å². The normalized spacial score (nSPS) is 15.2. The van der Waals surface area contributed by atoms with E-state index in [1.54, 1.807) is 13.3 Å². The Kier molecular flexibility index (Phi) is 5.87. The SMILES string of the molecule is CCc1cccc2nc(-c3cccnc3N3CCN(CCOC)CC3)oc(=O)c12. The van der Waals surface area contributed by atoms with Crippen LogP contribution in [-0.2, 0) is 11.2 Å². The number of piperazine rings is 1.